The summed E-state index contributed by atoms with van der Waals surface area (Å²) in [5.41, 5.74) is 3.67. The molecular formula is C29H37FN4O3. The molecule has 2 aromatic rings. The van der Waals surface area contributed by atoms with E-state index in [1.807, 2.05) is 35.2 Å². The van der Waals surface area contributed by atoms with E-state index < -0.39 is 12.0 Å². The van der Waals surface area contributed by atoms with Gasteiger partial charge in [-0.25, -0.2) is 14.0 Å². The Bertz CT molecular complexity index is 1160. The molecule has 198 valence electrons. The number of nitrogens with one attached hydrogen (secondary N) is 1. The Morgan fingerprint density at radius 2 is 1.70 bits per heavy atom. The van der Waals surface area contributed by atoms with Crippen molar-refractivity contribution in [3.63, 3.8) is 0 Å². The van der Waals surface area contributed by atoms with Gasteiger partial charge in [0, 0.05) is 45.5 Å². The molecule has 0 radical (unpaired) electrons. The van der Waals surface area contributed by atoms with Crippen LogP contribution in [0.1, 0.15) is 44.9 Å². The molecule has 2 aromatic carbocycles. The normalized spacial score (nSPS) is 19.2. The monoisotopic (exact) mass is 508 g/mol. The molecule has 2 aliphatic heterocycles. The molecule has 4 rings (SSSR count). The summed E-state index contributed by atoms with van der Waals surface area (Å²) in [5.74, 6) is -0.661. The lowest BCUT2D eigenvalue weighted by molar-refractivity contribution is -0.139. The summed E-state index contributed by atoms with van der Waals surface area (Å²) in [6.45, 7) is 11.5. The van der Waals surface area contributed by atoms with Crippen molar-refractivity contribution in [3.8, 4) is 0 Å². The number of hydrogen-bond donors (Lipinski definition) is 1. The van der Waals surface area contributed by atoms with Gasteiger partial charge in [0.1, 0.15) is 5.82 Å². The number of benzene rings is 2. The van der Waals surface area contributed by atoms with Gasteiger partial charge in [-0.1, -0.05) is 57.2 Å². The zero-order valence-electron chi connectivity index (χ0n) is 22.4. The number of piperazine rings is 1. The number of rotatable bonds is 6. The molecule has 0 unspecified atom stereocenters. The van der Waals surface area contributed by atoms with Crippen molar-refractivity contribution in [2.24, 2.45) is 0 Å². The van der Waals surface area contributed by atoms with Crippen LogP contribution < -0.4 is 10.2 Å². The van der Waals surface area contributed by atoms with Crippen LogP contribution in [0.25, 0.3) is 0 Å². The molecule has 1 atom stereocenters. The highest BCUT2D eigenvalue weighted by Gasteiger charge is 2.37. The average molecular weight is 509 g/mol. The minimum atomic E-state index is -0.605. The minimum Gasteiger partial charge on any atom is -0.463 e. The van der Waals surface area contributed by atoms with Gasteiger partial charge in [0.05, 0.1) is 23.9 Å². The number of para-hydroxylation sites is 1. The molecule has 2 heterocycles. The summed E-state index contributed by atoms with van der Waals surface area (Å²) in [4.78, 5) is 32.0. The molecule has 1 fully saturated rings. The smallest absolute Gasteiger partial charge is 0.338 e. The van der Waals surface area contributed by atoms with Crippen LogP contribution in [0.4, 0.5) is 14.9 Å². The van der Waals surface area contributed by atoms with Crippen LogP contribution in [0.15, 0.2) is 59.8 Å². The van der Waals surface area contributed by atoms with Crippen LogP contribution in [0.2, 0.25) is 0 Å². The molecule has 0 bridgehead atoms. The summed E-state index contributed by atoms with van der Waals surface area (Å²) in [5, 5.41) is 2.99. The average Bonchev–Trinajstić information content (AvgIpc) is 2.87. The number of ether oxygens (including phenoxy) is 1. The van der Waals surface area contributed by atoms with Crippen LogP contribution in [0.5, 0.6) is 0 Å². The number of likely N-dealkylation sites (N-methyl/N-ethyl adjacent to an activating group) is 1. The van der Waals surface area contributed by atoms with E-state index in [4.69, 9.17) is 4.74 Å². The van der Waals surface area contributed by atoms with Crippen molar-refractivity contribution in [3.05, 3.63) is 76.7 Å². The van der Waals surface area contributed by atoms with Gasteiger partial charge in [0.2, 0.25) is 0 Å². The SMILES string of the molecule is CCOC(=O)C1=C(CN2CCN(c3ccccc3F)CC2)N(C)C(=O)N[C@H]1c1ccc(C(C)(C)C)cc1. The van der Waals surface area contributed by atoms with Crippen LogP contribution in [0.3, 0.4) is 0 Å². The molecule has 8 heteroatoms. The standard InChI is InChI=1S/C29H37FN4O3/c1-6-37-27(35)25-24(19-33-15-17-34(18-16-33)23-10-8-7-9-22(23)30)32(5)28(36)31-26(25)20-11-13-21(14-12-20)29(2,3)4/h7-14,26H,6,15-19H2,1-5H3,(H,31,36)/t26-/m0/s1. The number of carbonyl (C=O) groups excluding carboxylic acids is 2. The summed E-state index contributed by atoms with van der Waals surface area (Å²) in [7, 11) is 1.68. The van der Waals surface area contributed by atoms with E-state index in [0.29, 0.717) is 49.7 Å². The Balaban J connectivity index is 1.62. The van der Waals surface area contributed by atoms with Crippen LogP contribution in [-0.4, -0.2) is 68.2 Å². The van der Waals surface area contributed by atoms with E-state index in [1.54, 1.807) is 26.1 Å². The first-order valence-corrected chi connectivity index (χ1v) is 12.9. The molecule has 0 spiro atoms. The lowest BCUT2D eigenvalue weighted by atomic mass is 9.85. The number of halogens is 1. The van der Waals surface area contributed by atoms with E-state index >= 15 is 0 Å². The highest BCUT2D eigenvalue weighted by molar-refractivity contribution is 5.95. The van der Waals surface area contributed by atoms with Crippen molar-refractivity contribution < 1.29 is 18.7 Å². The zero-order chi connectivity index (χ0) is 26.7. The molecule has 0 aliphatic carbocycles. The van der Waals surface area contributed by atoms with E-state index in [2.05, 4.69) is 31.0 Å². The Morgan fingerprint density at radius 3 is 2.30 bits per heavy atom. The maximum Gasteiger partial charge on any atom is 0.338 e. The van der Waals surface area contributed by atoms with Crippen molar-refractivity contribution in [2.75, 3.05) is 51.3 Å². The first kappa shape index (κ1) is 26.7. The third kappa shape index (κ3) is 5.80. The van der Waals surface area contributed by atoms with Crippen molar-refractivity contribution in [2.45, 2.75) is 39.2 Å². The van der Waals surface area contributed by atoms with E-state index in [0.717, 1.165) is 5.56 Å². The second-order valence-corrected chi connectivity index (χ2v) is 10.6. The van der Waals surface area contributed by atoms with Crippen molar-refractivity contribution in [1.82, 2.24) is 15.1 Å². The van der Waals surface area contributed by atoms with Crippen LogP contribution >= 0.6 is 0 Å². The van der Waals surface area contributed by atoms with Gasteiger partial charge in [-0.15, -0.1) is 0 Å². The van der Waals surface area contributed by atoms with E-state index in [9.17, 15) is 14.0 Å². The minimum absolute atomic E-state index is 0.00958. The fourth-order valence-corrected chi connectivity index (χ4v) is 4.89. The molecule has 2 amide bonds. The molecule has 0 saturated carbocycles. The second kappa shape index (κ2) is 10.9. The molecule has 0 aromatic heterocycles. The second-order valence-electron chi connectivity index (χ2n) is 10.6. The maximum absolute atomic E-state index is 14.3. The van der Waals surface area contributed by atoms with E-state index in [1.165, 1.54) is 16.5 Å². The number of nitrogens with zero attached hydrogens (tertiary/aromatic N) is 3. The third-order valence-corrected chi connectivity index (χ3v) is 7.12. The Kier molecular flexibility index (Phi) is 7.87. The number of anilines is 1. The highest BCUT2D eigenvalue weighted by atomic mass is 19.1. The van der Waals surface area contributed by atoms with Gasteiger partial charge in [-0.2, -0.15) is 0 Å². The molecule has 1 saturated heterocycles. The number of urea groups is 1. The summed E-state index contributed by atoms with van der Waals surface area (Å²) < 4.78 is 19.7. The molecule has 7 nitrogen and oxygen atoms in total. The predicted octanol–water partition coefficient (Wildman–Crippen LogP) is 4.46. The first-order valence-electron chi connectivity index (χ1n) is 12.9. The topological polar surface area (TPSA) is 65.1 Å². The molecular weight excluding hydrogens is 471 g/mol. The molecule has 2 aliphatic rings. The van der Waals surface area contributed by atoms with Crippen LogP contribution in [0, 0.1) is 5.82 Å². The first-order chi connectivity index (χ1) is 17.6. The van der Waals surface area contributed by atoms with E-state index in [-0.39, 0.29) is 23.9 Å². The largest absolute Gasteiger partial charge is 0.463 e. The third-order valence-electron chi connectivity index (χ3n) is 7.12. The zero-order valence-corrected chi connectivity index (χ0v) is 22.4. The number of carbonyl (C=O) groups is 2. The summed E-state index contributed by atoms with van der Waals surface area (Å²) in [6, 6.07) is 14.0. The highest BCUT2D eigenvalue weighted by Crippen LogP contribution is 2.33. The van der Waals surface area contributed by atoms with Gasteiger partial charge in [-0.05, 0) is 35.6 Å². The molecule has 37 heavy (non-hydrogen) atoms. The Hall–Kier alpha value is -3.39. The number of hydrogen-bond acceptors (Lipinski definition) is 5. The number of amides is 2. The van der Waals surface area contributed by atoms with Crippen molar-refractivity contribution in [1.29, 1.82) is 0 Å². The summed E-state index contributed by atoms with van der Waals surface area (Å²) >= 11 is 0. The molecule has 1 N–H and O–H groups in total. The van der Waals surface area contributed by atoms with Gasteiger partial charge in [0.15, 0.2) is 0 Å². The quantitative estimate of drug-likeness (QED) is 0.584. The lowest BCUT2D eigenvalue weighted by Gasteiger charge is -2.40. The Morgan fingerprint density at radius 1 is 1.05 bits per heavy atom. The van der Waals surface area contributed by atoms with Gasteiger partial charge in [-0.3, -0.25) is 9.80 Å². The maximum atomic E-state index is 14.3. The van der Waals surface area contributed by atoms with Crippen molar-refractivity contribution >= 4 is 17.7 Å². The fraction of sp³-hybridized carbons (Fsp3) is 0.448. The Labute approximate surface area is 218 Å². The predicted molar refractivity (Wildman–Crippen MR) is 143 cm³/mol. The summed E-state index contributed by atoms with van der Waals surface area (Å²) in [6.07, 6.45) is 0. The lowest BCUT2D eigenvalue weighted by Crippen LogP contribution is -2.52. The van der Waals surface area contributed by atoms with Gasteiger partial charge < -0.3 is 15.0 Å². The van der Waals surface area contributed by atoms with Crippen LogP contribution in [-0.2, 0) is 14.9 Å². The fourth-order valence-electron chi connectivity index (χ4n) is 4.89. The van der Waals surface area contributed by atoms with Gasteiger partial charge in [0.25, 0.3) is 0 Å². The van der Waals surface area contributed by atoms with Gasteiger partial charge >= 0.3 is 12.0 Å². The number of esters is 1.